The molecule has 1 aromatic carbocycles. The highest BCUT2D eigenvalue weighted by atomic mass is 35.5. The number of piperazine rings is 1. The number of anilines is 1. The quantitative estimate of drug-likeness (QED) is 0.844. The van der Waals surface area contributed by atoms with Crippen LogP contribution >= 0.6 is 11.6 Å². The van der Waals surface area contributed by atoms with E-state index in [0.29, 0.717) is 10.7 Å². The summed E-state index contributed by atoms with van der Waals surface area (Å²) in [6, 6.07) is 5.41. The number of carbonyl (C=O) groups excluding carboxylic acids is 2. The van der Waals surface area contributed by atoms with E-state index < -0.39 is 5.54 Å². The molecule has 96 valence electrons. The SMILES string of the molecule is Cc1cccc(Cl)c1N1CC(=O)NC(C)(C)C1=O. The predicted molar refractivity (Wildman–Crippen MR) is 70.8 cm³/mol. The number of nitrogens with zero attached hydrogens (tertiary/aromatic N) is 1. The van der Waals surface area contributed by atoms with Crippen LogP contribution < -0.4 is 10.2 Å². The molecule has 0 aromatic heterocycles. The molecule has 1 N–H and O–H groups in total. The van der Waals surface area contributed by atoms with Gasteiger partial charge in [0.2, 0.25) is 5.91 Å². The number of nitrogens with one attached hydrogen (secondary N) is 1. The lowest BCUT2D eigenvalue weighted by Gasteiger charge is -2.38. The van der Waals surface area contributed by atoms with Crippen molar-refractivity contribution in [2.75, 3.05) is 11.4 Å². The number of amides is 2. The first kappa shape index (κ1) is 12.9. The molecule has 1 heterocycles. The molecule has 5 heteroatoms. The van der Waals surface area contributed by atoms with Crippen LogP contribution in [0.1, 0.15) is 19.4 Å². The maximum absolute atomic E-state index is 12.4. The standard InChI is InChI=1S/C13H15ClN2O2/c1-8-5-4-6-9(14)11(8)16-7-10(17)15-13(2,3)12(16)18/h4-6H,7H2,1-3H3,(H,15,17). The molecule has 18 heavy (non-hydrogen) atoms. The van der Waals surface area contributed by atoms with Gasteiger partial charge in [-0.25, -0.2) is 0 Å². The fourth-order valence-electron chi connectivity index (χ4n) is 2.14. The third-order valence-electron chi connectivity index (χ3n) is 2.99. The van der Waals surface area contributed by atoms with Gasteiger partial charge in [0.25, 0.3) is 5.91 Å². The number of hydrogen-bond donors (Lipinski definition) is 1. The van der Waals surface area contributed by atoms with Gasteiger partial charge in [0, 0.05) is 0 Å². The first-order chi connectivity index (χ1) is 8.33. The molecule has 0 bridgehead atoms. The van der Waals surface area contributed by atoms with E-state index in [0.717, 1.165) is 5.56 Å². The summed E-state index contributed by atoms with van der Waals surface area (Å²) in [7, 11) is 0. The van der Waals surface area contributed by atoms with Crippen molar-refractivity contribution in [2.24, 2.45) is 0 Å². The van der Waals surface area contributed by atoms with Gasteiger partial charge in [-0.1, -0.05) is 23.7 Å². The van der Waals surface area contributed by atoms with Crippen molar-refractivity contribution in [1.82, 2.24) is 5.32 Å². The topological polar surface area (TPSA) is 49.4 Å². The number of benzene rings is 1. The van der Waals surface area contributed by atoms with E-state index in [1.165, 1.54) is 4.90 Å². The summed E-state index contributed by atoms with van der Waals surface area (Å²) < 4.78 is 0. The van der Waals surface area contributed by atoms with E-state index in [-0.39, 0.29) is 18.4 Å². The first-order valence-electron chi connectivity index (χ1n) is 5.71. The Kier molecular flexibility index (Phi) is 3.07. The van der Waals surface area contributed by atoms with E-state index in [1.807, 2.05) is 19.1 Å². The Bertz CT molecular complexity index is 505. The smallest absolute Gasteiger partial charge is 0.252 e. The van der Waals surface area contributed by atoms with Gasteiger partial charge in [0.05, 0.1) is 10.7 Å². The lowest BCUT2D eigenvalue weighted by atomic mass is 9.99. The van der Waals surface area contributed by atoms with Gasteiger partial charge in [-0.05, 0) is 32.4 Å². The molecule has 4 nitrogen and oxygen atoms in total. The highest BCUT2D eigenvalue weighted by molar-refractivity contribution is 6.34. The number of aryl methyl sites for hydroxylation is 1. The van der Waals surface area contributed by atoms with Crippen LogP contribution in [-0.2, 0) is 9.59 Å². The fraction of sp³-hybridized carbons (Fsp3) is 0.385. The second-order valence-corrected chi connectivity index (χ2v) is 5.38. The lowest BCUT2D eigenvalue weighted by Crippen LogP contribution is -2.64. The summed E-state index contributed by atoms with van der Waals surface area (Å²) in [6.45, 7) is 5.25. The van der Waals surface area contributed by atoms with Gasteiger partial charge in [0.15, 0.2) is 0 Å². The van der Waals surface area contributed by atoms with Crippen molar-refractivity contribution in [3.63, 3.8) is 0 Å². The van der Waals surface area contributed by atoms with Crippen LogP contribution in [0, 0.1) is 6.92 Å². The van der Waals surface area contributed by atoms with Crippen LogP contribution in [0.3, 0.4) is 0 Å². The minimum atomic E-state index is -0.902. The molecule has 1 aliphatic rings. The summed E-state index contributed by atoms with van der Waals surface area (Å²) in [4.78, 5) is 25.5. The van der Waals surface area contributed by atoms with Crippen LogP contribution in [0.4, 0.5) is 5.69 Å². The number of para-hydroxylation sites is 1. The molecule has 2 amide bonds. The third-order valence-corrected chi connectivity index (χ3v) is 3.30. The lowest BCUT2D eigenvalue weighted by molar-refractivity contribution is -0.134. The zero-order valence-electron chi connectivity index (χ0n) is 10.6. The van der Waals surface area contributed by atoms with E-state index in [4.69, 9.17) is 11.6 Å². The number of carbonyl (C=O) groups is 2. The molecule has 0 aliphatic carbocycles. The van der Waals surface area contributed by atoms with Crippen molar-refractivity contribution >= 4 is 29.1 Å². The molecule has 0 spiro atoms. The van der Waals surface area contributed by atoms with Crippen molar-refractivity contribution in [3.05, 3.63) is 28.8 Å². The van der Waals surface area contributed by atoms with Gasteiger partial charge >= 0.3 is 0 Å². The molecule has 0 saturated carbocycles. The van der Waals surface area contributed by atoms with Crippen molar-refractivity contribution < 1.29 is 9.59 Å². The van der Waals surface area contributed by atoms with Gasteiger partial charge < -0.3 is 5.32 Å². The van der Waals surface area contributed by atoms with Crippen LogP contribution in [0.5, 0.6) is 0 Å². The van der Waals surface area contributed by atoms with Crippen LogP contribution in [-0.4, -0.2) is 23.9 Å². The zero-order chi connectivity index (χ0) is 13.5. The minimum absolute atomic E-state index is 0.00678. The molecule has 2 rings (SSSR count). The first-order valence-corrected chi connectivity index (χ1v) is 6.09. The Hall–Kier alpha value is -1.55. The molecule has 0 atom stereocenters. The molecule has 1 fully saturated rings. The average molecular weight is 267 g/mol. The molecular formula is C13H15ClN2O2. The largest absolute Gasteiger partial charge is 0.341 e. The number of rotatable bonds is 1. The Morgan fingerprint density at radius 3 is 2.61 bits per heavy atom. The van der Waals surface area contributed by atoms with E-state index in [1.54, 1.807) is 19.9 Å². The zero-order valence-corrected chi connectivity index (χ0v) is 11.3. The van der Waals surface area contributed by atoms with E-state index in [2.05, 4.69) is 5.32 Å². The highest BCUT2D eigenvalue weighted by Crippen LogP contribution is 2.32. The summed E-state index contributed by atoms with van der Waals surface area (Å²) in [6.07, 6.45) is 0. The summed E-state index contributed by atoms with van der Waals surface area (Å²) >= 11 is 6.14. The monoisotopic (exact) mass is 266 g/mol. The molecular weight excluding hydrogens is 252 g/mol. The van der Waals surface area contributed by atoms with Gasteiger partial charge in [-0.15, -0.1) is 0 Å². The van der Waals surface area contributed by atoms with Gasteiger partial charge in [0.1, 0.15) is 12.1 Å². The molecule has 1 aliphatic heterocycles. The Morgan fingerprint density at radius 2 is 2.00 bits per heavy atom. The number of halogens is 1. The second kappa shape index (κ2) is 4.28. The Morgan fingerprint density at radius 1 is 1.33 bits per heavy atom. The van der Waals surface area contributed by atoms with Crippen LogP contribution in [0.2, 0.25) is 5.02 Å². The van der Waals surface area contributed by atoms with Crippen molar-refractivity contribution in [3.8, 4) is 0 Å². The highest BCUT2D eigenvalue weighted by Gasteiger charge is 2.40. The van der Waals surface area contributed by atoms with Gasteiger partial charge in [-0.2, -0.15) is 0 Å². The molecule has 0 unspecified atom stereocenters. The second-order valence-electron chi connectivity index (χ2n) is 4.97. The maximum atomic E-state index is 12.4. The summed E-state index contributed by atoms with van der Waals surface area (Å²) in [5.74, 6) is -0.336. The Labute approximate surface area is 111 Å². The molecule has 1 saturated heterocycles. The number of hydrogen-bond acceptors (Lipinski definition) is 2. The minimum Gasteiger partial charge on any atom is -0.341 e. The van der Waals surface area contributed by atoms with Crippen LogP contribution in [0.15, 0.2) is 18.2 Å². The van der Waals surface area contributed by atoms with Crippen molar-refractivity contribution in [1.29, 1.82) is 0 Å². The van der Waals surface area contributed by atoms with E-state index >= 15 is 0 Å². The summed E-state index contributed by atoms with van der Waals surface area (Å²) in [5, 5.41) is 3.15. The Balaban J connectivity index is 2.50. The third kappa shape index (κ3) is 2.08. The average Bonchev–Trinajstić information content (AvgIpc) is 2.24. The predicted octanol–water partition coefficient (Wildman–Crippen LogP) is 1.89. The van der Waals surface area contributed by atoms with E-state index in [9.17, 15) is 9.59 Å². The summed E-state index contributed by atoms with van der Waals surface area (Å²) in [5.41, 5.74) is 0.592. The fourth-order valence-corrected chi connectivity index (χ4v) is 2.46. The molecule has 1 aromatic rings. The maximum Gasteiger partial charge on any atom is 0.252 e. The molecule has 0 radical (unpaired) electrons. The normalized spacial score (nSPS) is 18.8. The van der Waals surface area contributed by atoms with Crippen LogP contribution in [0.25, 0.3) is 0 Å². The van der Waals surface area contributed by atoms with Crippen molar-refractivity contribution in [2.45, 2.75) is 26.3 Å². The van der Waals surface area contributed by atoms with Gasteiger partial charge in [-0.3, -0.25) is 14.5 Å².